The van der Waals surface area contributed by atoms with Gasteiger partial charge in [-0.05, 0) is 19.4 Å². The molecule has 1 aromatic heterocycles. The summed E-state index contributed by atoms with van der Waals surface area (Å²) >= 11 is 0. The normalized spacial score (nSPS) is 14.7. The van der Waals surface area contributed by atoms with Crippen LogP contribution < -0.4 is 0 Å². The summed E-state index contributed by atoms with van der Waals surface area (Å²) in [6.07, 6.45) is 0.00190. The molecule has 19 heavy (non-hydrogen) atoms. The van der Waals surface area contributed by atoms with E-state index in [1.54, 1.807) is 20.1 Å². The average molecular weight is 260 g/mol. The highest BCUT2D eigenvalue weighted by Gasteiger charge is 2.18. The maximum absolute atomic E-state index is 9.62. The summed E-state index contributed by atoms with van der Waals surface area (Å²) in [7, 11) is 0. The second-order valence-corrected chi connectivity index (χ2v) is 4.24. The van der Waals surface area contributed by atoms with Crippen molar-refractivity contribution in [3.05, 3.63) is 47.5 Å². The van der Waals surface area contributed by atoms with Gasteiger partial charge < -0.3 is 10.2 Å². The van der Waals surface area contributed by atoms with E-state index in [1.165, 1.54) is 4.68 Å². The van der Waals surface area contributed by atoms with Crippen LogP contribution in [-0.4, -0.2) is 31.3 Å². The lowest BCUT2D eigenvalue weighted by atomic mass is 10.2. The molecule has 0 fully saturated rings. The Morgan fingerprint density at radius 3 is 2.05 bits per heavy atom. The lowest BCUT2D eigenvalue weighted by Gasteiger charge is -2.07. The van der Waals surface area contributed by atoms with Crippen molar-refractivity contribution >= 4 is 6.21 Å². The SMILES string of the molecule is CC(O)c1nnc(C(C)O)n1N=Cc1ccccc1. The summed E-state index contributed by atoms with van der Waals surface area (Å²) in [4.78, 5) is 0. The van der Waals surface area contributed by atoms with Crippen molar-refractivity contribution in [3.8, 4) is 0 Å². The maximum atomic E-state index is 9.62. The fourth-order valence-electron chi connectivity index (χ4n) is 1.61. The Morgan fingerprint density at radius 1 is 1.05 bits per heavy atom. The molecule has 0 aliphatic rings. The maximum Gasteiger partial charge on any atom is 0.182 e. The molecule has 2 unspecified atom stereocenters. The van der Waals surface area contributed by atoms with Crippen LogP contribution in [0.2, 0.25) is 0 Å². The third-order valence-corrected chi connectivity index (χ3v) is 2.56. The van der Waals surface area contributed by atoms with Gasteiger partial charge in [-0.1, -0.05) is 30.3 Å². The Morgan fingerprint density at radius 2 is 1.58 bits per heavy atom. The van der Waals surface area contributed by atoms with E-state index in [1.807, 2.05) is 30.3 Å². The van der Waals surface area contributed by atoms with Crippen LogP contribution in [0.5, 0.6) is 0 Å². The first kappa shape index (κ1) is 13.4. The molecule has 1 aromatic carbocycles. The van der Waals surface area contributed by atoms with Crippen molar-refractivity contribution in [2.75, 3.05) is 0 Å². The molecule has 0 saturated heterocycles. The van der Waals surface area contributed by atoms with Crippen molar-refractivity contribution in [2.24, 2.45) is 5.10 Å². The molecule has 0 aliphatic carbocycles. The molecule has 0 bridgehead atoms. The number of hydrogen-bond donors (Lipinski definition) is 2. The van der Waals surface area contributed by atoms with Crippen LogP contribution in [0.3, 0.4) is 0 Å². The van der Waals surface area contributed by atoms with E-state index in [2.05, 4.69) is 15.3 Å². The quantitative estimate of drug-likeness (QED) is 0.811. The smallest absolute Gasteiger partial charge is 0.182 e. The van der Waals surface area contributed by atoms with Crippen molar-refractivity contribution in [1.29, 1.82) is 0 Å². The van der Waals surface area contributed by atoms with E-state index in [0.717, 1.165) is 5.56 Å². The van der Waals surface area contributed by atoms with Gasteiger partial charge in [0.05, 0.1) is 6.21 Å². The Bertz CT molecular complexity index is 536. The number of rotatable bonds is 4. The molecule has 0 aliphatic heterocycles. The molecule has 0 amide bonds. The molecule has 2 aromatic rings. The van der Waals surface area contributed by atoms with E-state index in [-0.39, 0.29) is 0 Å². The first-order valence-corrected chi connectivity index (χ1v) is 6.00. The van der Waals surface area contributed by atoms with E-state index >= 15 is 0 Å². The van der Waals surface area contributed by atoms with Crippen LogP contribution in [0.25, 0.3) is 0 Å². The Kier molecular flexibility index (Phi) is 4.03. The highest BCUT2D eigenvalue weighted by Crippen LogP contribution is 2.16. The summed E-state index contributed by atoms with van der Waals surface area (Å²) in [5.74, 6) is 0.589. The zero-order valence-electron chi connectivity index (χ0n) is 10.8. The molecule has 0 spiro atoms. The highest BCUT2D eigenvalue weighted by atomic mass is 16.3. The van der Waals surface area contributed by atoms with Crippen LogP contribution in [-0.2, 0) is 0 Å². The molecular formula is C13H16N4O2. The van der Waals surface area contributed by atoms with Gasteiger partial charge in [0.25, 0.3) is 0 Å². The first-order valence-electron chi connectivity index (χ1n) is 6.00. The van der Waals surface area contributed by atoms with E-state index in [4.69, 9.17) is 0 Å². The third kappa shape index (κ3) is 3.04. The Hall–Kier alpha value is -2.05. The van der Waals surface area contributed by atoms with Crippen LogP contribution in [0.15, 0.2) is 35.4 Å². The first-order chi connectivity index (χ1) is 9.09. The standard InChI is InChI=1S/C13H16N4O2/c1-9(18)12-15-16-13(10(2)19)17(12)14-8-11-6-4-3-5-7-11/h3-10,18-19H,1-2H3. The van der Waals surface area contributed by atoms with Gasteiger partial charge in [0, 0.05) is 0 Å². The summed E-state index contributed by atoms with van der Waals surface area (Å²) in [5, 5.41) is 31.1. The predicted octanol–water partition coefficient (Wildman–Crippen LogP) is 1.27. The minimum atomic E-state index is -0.812. The summed E-state index contributed by atoms with van der Waals surface area (Å²) in [6, 6.07) is 9.52. The number of aliphatic hydroxyl groups excluding tert-OH is 2. The van der Waals surface area contributed by atoms with Crippen LogP contribution in [0.4, 0.5) is 0 Å². The summed E-state index contributed by atoms with van der Waals surface area (Å²) in [6.45, 7) is 3.15. The van der Waals surface area contributed by atoms with Crippen LogP contribution in [0.1, 0.15) is 43.3 Å². The van der Waals surface area contributed by atoms with Crippen molar-refractivity contribution in [1.82, 2.24) is 14.9 Å². The number of nitrogens with zero attached hydrogens (tertiary/aromatic N) is 4. The zero-order valence-corrected chi connectivity index (χ0v) is 10.8. The molecule has 2 rings (SSSR count). The molecule has 6 heteroatoms. The fraction of sp³-hybridized carbons (Fsp3) is 0.308. The molecule has 0 saturated carbocycles. The second-order valence-electron chi connectivity index (χ2n) is 4.24. The van der Waals surface area contributed by atoms with Gasteiger partial charge in [-0.25, -0.2) is 0 Å². The van der Waals surface area contributed by atoms with Gasteiger partial charge in [-0.3, -0.25) is 0 Å². The molecule has 1 heterocycles. The number of benzene rings is 1. The lowest BCUT2D eigenvalue weighted by molar-refractivity contribution is 0.174. The van der Waals surface area contributed by atoms with Gasteiger partial charge in [0.15, 0.2) is 11.6 Å². The Labute approximate surface area is 111 Å². The highest BCUT2D eigenvalue weighted by molar-refractivity contribution is 5.79. The monoisotopic (exact) mass is 260 g/mol. The molecule has 2 N–H and O–H groups in total. The number of aromatic nitrogens is 3. The van der Waals surface area contributed by atoms with Crippen LogP contribution in [0, 0.1) is 0 Å². The molecule has 2 atom stereocenters. The molecular weight excluding hydrogens is 244 g/mol. The topological polar surface area (TPSA) is 83.5 Å². The van der Waals surface area contributed by atoms with Gasteiger partial charge in [-0.15, -0.1) is 10.2 Å². The largest absolute Gasteiger partial charge is 0.385 e. The van der Waals surface area contributed by atoms with Gasteiger partial charge in [-0.2, -0.15) is 9.78 Å². The van der Waals surface area contributed by atoms with Crippen molar-refractivity contribution < 1.29 is 10.2 Å². The summed E-state index contributed by atoms with van der Waals surface area (Å²) < 4.78 is 1.36. The van der Waals surface area contributed by atoms with E-state index in [0.29, 0.717) is 11.6 Å². The average Bonchev–Trinajstić information content (AvgIpc) is 2.81. The lowest BCUT2D eigenvalue weighted by Crippen LogP contribution is -2.08. The van der Waals surface area contributed by atoms with Crippen molar-refractivity contribution in [2.45, 2.75) is 26.1 Å². The number of hydrogen-bond acceptors (Lipinski definition) is 5. The van der Waals surface area contributed by atoms with E-state index < -0.39 is 12.2 Å². The van der Waals surface area contributed by atoms with Crippen LogP contribution >= 0.6 is 0 Å². The fourth-order valence-corrected chi connectivity index (χ4v) is 1.61. The van der Waals surface area contributed by atoms with E-state index in [9.17, 15) is 10.2 Å². The minimum absolute atomic E-state index is 0.295. The van der Waals surface area contributed by atoms with Gasteiger partial charge in [0.1, 0.15) is 12.2 Å². The molecule has 0 radical (unpaired) electrons. The molecule has 6 nitrogen and oxygen atoms in total. The van der Waals surface area contributed by atoms with Gasteiger partial charge >= 0.3 is 0 Å². The zero-order chi connectivity index (χ0) is 13.8. The Balaban J connectivity index is 2.37. The number of aliphatic hydroxyl groups is 2. The van der Waals surface area contributed by atoms with Gasteiger partial charge in [0.2, 0.25) is 0 Å². The van der Waals surface area contributed by atoms with Crippen molar-refractivity contribution in [3.63, 3.8) is 0 Å². The second kappa shape index (κ2) is 5.73. The third-order valence-electron chi connectivity index (χ3n) is 2.56. The minimum Gasteiger partial charge on any atom is -0.385 e. The predicted molar refractivity (Wildman–Crippen MR) is 70.7 cm³/mol. The summed E-state index contributed by atoms with van der Waals surface area (Å²) in [5.41, 5.74) is 0.907. The molecule has 100 valence electrons.